The molecule has 2 amide bonds. The van der Waals surface area contributed by atoms with Gasteiger partial charge < -0.3 is 20.3 Å². The predicted octanol–water partition coefficient (Wildman–Crippen LogP) is 4.18. The zero-order valence-corrected chi connectivity index (χ0v) is 17.1. The molecule has 0 saturated carbocycles. The second-order valence-electron chi connectivity index (χ2n) is 8.19. The Balaban J connectivity index is 1.51. The summed E-state index contributed by atoms with van der Waals surface area (Å²) in [6, 6.07) is 16.4. The highest BCUT2D eigenvalue weighted by Gasteiger charge is 2.16. The standard InChI is InChI=1S/C23H31N3O2/c1-23(2,3)19-10-8-18(9-11-19)12-13-24-22(27)25-20-6-4-5-7-21(20)26-14-16-28-17-15-26/h4-11H,12-17H2,1-3H3,(H2,24,25,27). The first-order valence-corrected chi connectivity index (χ1v) is 9.99. The van der Waals surface area contributed by atoms with Crippen LogP contribution in [0, 0.1) is 0 Å². The molecule has 1 heterocycles. The maximum Gasteiger partial charge on any atom is 0.319 e. The van der Waals surface area contributed by atoms with Crippen molar-refractivity contribution in [2.24, 2.45) is 0 Å². The van der Waals surface area contributed by atoms with Crippen LogP contribution in [0.4, 0.5) is 16.2 Å². The van der Waals surface area contributed by atoms with Crippen LogP contribution in [-0.2, 0) is 16.6 Å². The van der Waals surface area contributed by atoms with Gasteiger partial charge in [-0.3, -0.25) is 0 Å². The van der Waals surface area contributed by atoms with Crippen LogP contribution in [0.1, 0.15) is 31.9 Å². The molecule has 150 valence electrons. The third kappa shape index (κ3) is 5.49. The predicted molar refractivity (Wildman–Crippen MR) is 115 cm³/mol. The first kappa shape index (κ1) is 20.2. The minimum Gasteiger partial charge on any atom is -0.378 e. The molecule has 1 aliphatic rings. The van der Waals surface area contributed by atoms with E-state index in [-0.39, 0.29) is 11.4 Å². The van der Waals surface area contributed by atoms with Crippen molar-refractivity contribution in [2.75, 3.05) is 43.1 Å². The van der Waals surface area contributed by atoms with Crippen LogP contribution in [0.5, 0.6) is 0 Å². The van der Waals surface area contributed by atoms with Crippen molar-refractivity contribution < 1.29 is 9.53 Å². The van der Waals surface area contributed by atoms with Crippen LogP contribution in [0.15, 0.2) is 48.5 Å². The molecule has 0 spiro atoms. The van der Waals surface area contributed by atoms with Crippen molar-refractivity contribution in [1.29, 1.82) is 0 Å². The molecule has 2 aromatic rings. The van der Waals surface area contributed by atoms with Gasteiger partial charge in [-0.05, 0) is 35.1 Å². The number of anilines is 2. The summed E-state index contributed by atoms with van der Waals surface area (Å²) in [6.07, 6.45) is 0.808. The van der Waals surface area contributed by atoms with E-state index < -0.39 is 0 Å². The van der Waals surface area contributed by atoms with E-state index in [0.717, 1.165) is 30.9 Å². The number of hydrogen-bond donors (Lipinski definition) is 2. The second kappa shape index (κ2) is 9.11. The number of urea groups is 1. The molecule has 0 radical (unpaired) electrons. The lowest BCUT2D eigenvalue weighted by Crippen LogP contribution is -2.37. The number of nitrogens with zero attached hydrogens (tertiary/aromatic N) is 1. The lowest BCUT2D eigenvalue weighted by atomic mass is 9.86. The molecule has 0 bridgehead atoms. The summed E-state index contributed by atoms with van der Waals surface area (Å²) < 4.78 is 5.42. The molecule has 0 unspecified atom stereocenters. The van der Waals surface area contributed by atoms with E-state index in [1.807, 2.05) is 24.3 Å². The molecular formula is C23H31N3O2. The highest BCUT2D eigenvalue weighted by atomic mass is 16.5. The normalized spacial score (nSPS) is 14.6. The van der Waals surface area contributed by atoms with Crippen LogP contribution < -0.4 is 15.5 Å². The average Bonchev–Trinajstić information content (AvgIpc) is 2.69. The van der Waals surface area contributed by atoms with E-state index >= 15 is 0 Å². The number of para-hydroxylation sites is 2. The van der Waals surface area contributed by atoms with Gasteiger partial charge in [-0.25, -0.2) is 4.79 Å². The zero-order chi connectivity index (χ0) is 20.0. The van der Waals surface area contributed by atoms with Crippen molar-refractivity contribution >= 4 is 17.4 Å². The summed E-state index contributed by atoms with van der Waals surface area (Å²) in [5.74, 6) is 0. The van der Waals surface area contributed by atoms with E-state index in [1.54, 1.807) is 0 Å². The summed E-state index contributed by atoms with van der Waals surface area (Å²) in [5.41, 5.74) is 4.57. The van der Waals surface area contributed by atoms with Gasteiger partial charge in [0.15, 0.2) is 0 Å². The molecule has 5 nitrogen and oxygen atoms in total. The summed E-state index contributed by atoms with van der Waals surface area (Å²) in [6.45, 7) is 10.3. The monoisotopic (exact) mass is 381 g/mol. The molecule has 2 aromatic carbocycles. The quantitative estimate of drug-likeness (QED) is 0.817. The Bertz CT molecular complexity index is 775. The van der Waals surface area contributed by atoms with Gasteiger partial charge in [-0.1, -0.05) is 57.2 Å². The molecule has 28 heavy (non-hydrogen) atoms. The number of amides is 2. The molecule has 3 rings (SSSR count). The van der Waals surface area contributed by atoms with E-state index in [2.05, 4.69) is 60.6 Å². The Morgan fingerprint density at radius 1 is 1.04 bits per heavy atom. The van der Waals surface area contributed by atoms with Crippen molar-refractivity contribution in [3.8, 4) is 0 Å². The van der Waals surface area contributed by atoms with Crippen molar-refractivity contribution in [1.82, 2.24) is 5.32 Å². The fourth-order valence-corrected chi connectivity index (χ4v) is 3.32. The molecule has 1 aliphatic heterocycles. The topological polar surface area (TPSA) is 53.6 Å². The van der Waals surface area contributed by atoms with Crippen molar-refractivity contribution in [3.05, 3.63) is 59.7 Å². The zero-order valence-electron chi connectivity index (χ0n) is 17.1. The fraction of sp³-hybridized carbons (Fsp3) is 0.435. The van der Waals surface area contributed by atoms with Gasteiger partial charge in [-0.15, -0.1) is 0 Å². The number of nitrogens with one attached hydrogen (secondary N) is 2. The smallest absolute Gasteiger partial charge is 0.319 e. The van der Waals surface area contributed by atoms with E-state index in [9.17, 15) is 4.79 Å². The minimum atomic E-state index is -0.174. The summed E-state index contributed by atoms with van der Waals surface area (Å²) in [5, 5.41) is 5.95. The lowest BCUT2D eigenvalue weighted by Gasteiger charge is -2.30. The number of carbonyl (C=O) groups excluding carboxylic acids is 1. The number of ether oxygens (including phenoxy) is 1. The fourth-order valence-electron chi connectivity index (χ4n) is 3.32. The van der Waals surface area contributed by atoms with E-state index in [4.69, 9.17) is 4.74 Å². The van der Waals surface area contributed by atoms with Gasteiger partial charge in [0.1, 0.15) is 0 Å². The summed E-state index contributed by atoms with van der Waals surface area (Å²) >= 11 is 0. The first-order valence-electron chi connectivity index (χ1n) is 9.99. The van der Waals surface area contributed by atoms with Crippen molar-refractivity contribution in [2.45, 2.75) is 32.6 Å². The molecule has 1 fully saturated rings. The number of carbonyl (C=O) groups is 1. The van der Waals surface area contributed by atoms with Gasteiger partial charge in [-0.2, -0.15) is 0 Å². The number of rotatable bonds is 5. The maximum atomic E-state index is 12.4. The number of morpholine rings is 1. The van der Waals surface area contributed by atoms with Gasteiger partial charge in [0.2, 0.25) is 0 Å². The number of benzene rings is 2. The molecule has 5 heteroatoms. The summed E-state index contributed by atoms with van der Waals surface area (Å²) in [4.78, 5) is 14.6. The molecular weight excluding hydrogens is 350 g/mol. The number of hydrogen-bond acceptors (Lipinski definition) is 3. The summed E-state index contributed by atoms with van der Waals surface area (Å²) in [7, 11) is 0. The molecule has 0 aliphatic carbocycles. The molecule has 0 aromatic heterocycles. The highest BCUT2D eigenvalue weighted by molar-refractivity contribution is 5.93. The second-order valence-corrected chi connectivity index (χ2v) is 8.19. The Kier molecular flexibility index (Phi) is 6.57. The van der Waals surface area contributed by atoms with Crippen LogP contribution in [0.25, 0.3) is 0 Å². The van der Waals surface area contributed by atoms with Gasteiger partial charge in [0.25, 0.3) is 0 Å². The maximum absolute atomic E-state index is 12.4. The van der Waals surface area contributed by atoms with Crippen LogP contribution in [0.2, 0.25) is 0 Å². The molecule has 1 saturated heterocycles. The van der Waals surface area contributed by atoms with Crippen LogP contribution in [-0.4, -0.2) is 38.9 Å². The van der Waals surface area contributed by atoms with E-state index in [0.29, 0.717) is 19.8 Å². The molecule has 2 N–H and O–H groups in total. The average molecular weight is 382 g/mol. The molecule has 0 atom stereocenters. The minimum absolute atomic E-state index is 0.157. The van der Waals surface area contributed by atoms with Gasteiger partial charge in [0, 0.05) is 19.6 Å². The Morgan fingerprint density at radius 2 is 1.71 bits per heavy atom. The van der Waals surface area contributed by atoms with Crippen LogP contribution >= 0.6 is 0 Å². The van der Waals surface area contributed by atoms with Gasteiger partial charge in [0.05, 0.1) is 24.6 Å². The third-order valence-electron chi connectivity index (χ3n) is 5.02. The Hall–Kier alpha value is -2.53. The largest absolute Gasteiger partial charge is 0.378 e. The highest BCUT2D eigenvalue weighted by Crippen LogP contribution is 2.26. The van der Waals surface area contributed by atoms with Crippen molar-refractivity contribution in [3.63, 3.8) is 0 Å². The first-order chi connectivity index (χ1) is 13.4. The Labute approximate surface area is 168 Å². The Morgan fingerprint density at radius 3 is 2.39 bits per heavy atom. The lowest BCUT2D eigenvalue weighted by molar-refractivity contribution is 0.123. The van der Waals surface area contributed by atoms with E-state index in [1.165, 1.54) is 11.1 Å². The van der Waals surface area contributed by atoms with Crippen LogP contribution in [0.3, 0.4) is 0 Å². The van der Waals surface area contributed by atoms with Gasteiger partial charge >= 0.3 is 6.03 Å². The third-order valence-corrected chi connectivity index (χ3v) is 5.02. The SMILES string of the molecule is CC(C)(C)c1ccc(CCNC(=O)Nc2ccccc2N2CCOCC2)cc1.